The van der Waals surface area contributed by atoms with Crippen LogP contribution in [-0.2, 0) is 16.6 Å². The van der Waals surface area contributed by atoms with E-state index in [0.29, 0.717) is 16.7 Å². The molecule has 0 aliphatic rings. The quantitative estimate of drug-likeness (QED) is 0.706. The molecular weight excluding hydrogens is 332 g/mol. The van der Waals surface area contributed by atoms with Gasteiger partial charge in [0.05, 0.1) is 16.6 Å². The summed E-state index contributed by atoms with van der Waals surface area (Å²) in [6.45, 7) is 4.03. The van der Waals surface area contributed by atoms with Crippen molar-refractivity contribution in [2.45, 2.75) is 24.5 Å². The molecule has 0 bridgehead atoms. The first-order valence-corrected chi connectivity index (χ1v) is 8.77. The molecule has 0 amide bonds. The maximum atomic E-state index is 12.4. The standard InChI is InChI=1S/C17H15ClN2O2S/c1-11-3-8-15(9-12(11)2)23(21)10-16-19-17(22-20-16)13-4-6-14(18)7-5-13/h3-9H,10H2,1-2H3/t23-/m0/s1. The Balaban J connectivity index is 1.77. The maximum Gasteiger partial charge on any atom is 0.257 e. The van der Waals surface area contributed by atoms with Crippen molar-refractivity contribution in [2.75, 3.05) is 0 Å². The van der Waals surface area contributed by atoms with Gasteiger partial charge in [0, 0.05) is 15.5 Å². The van der Waals surface area contributed by atoms with E-state index in [4.69, 9.17) is 16.1 Å². The Morgan fingerprint density at radius 3 is 2.52 bits per heavy atom. The van der Waals surface area contributed by atoms with E-state index in [9.17, 15) is 4.21 Å². The molecule has 1 heterocycles. The summed E-state index contributed by atoms with van der Waals surface area (Å²) in [5.74, 6) is 1.04. The number of hydrogen-bond donors (Lipinski definition) is 0. The zero-order chi connectivity index (χ0) is 16.4. The molecule has 0 saturated carbocycles. The molecule has 3 rings (SSSR count). The van der Waals surface area contributed by atoms with Gasteiger partial charge in [-0.25, -0.2) is 0 Å². The highest BCUT2D eigenvalue weighted by Crippen LogP contribution is 2.21. The van der Waals surface area contributed by atoms with Gasteiger partial charge in [-0.3, -0.25) is 4.21 Å². The topological polar surface area (TPSA) is 56.0 Å². The Hall–Kier alpha value is -1.98. The zero-order valence-corrected chi connectivity index (χ0v) is 14.3. The Morgan fingerprint density at radius 2 is 1.83 bits per heavy atom. The van der Waals surface area contributed by atoms with Crippen molar-refractivity contribution in [3.05, 3.63) is 64.4 Å². The minimum Gasteiger partial charge on any atom is -0.334 e. The molecule has 0 saturated heterocycles. The summed E-state index contributed by atoms with van der Waals surface area (Å²) < 4.78 is 17.7. The normalized spacial score (nSPS) is 12.3. The van der Waals surface area contributed by atoms with E-state index in [1.165, 1.54) is 5.56 Å². The number of rotatable bonds is 4. The molecule has 1 atom stereocenters. The summed E-state index contributed by atoms with van der Waals surface area (Å²) in [6.07, 6.45) is 0. The Bertz CT molecular complexity index is 859. The third-order valence-electron chi connectivity index (χ3n) is 3.56. The highest BCUT2D eigenvalue weighted by molar-refractivity contribution is 7.84. The van der Waals surface area contributed by atoms with Crippen molar-refractivity contribution in [2.24, 2.45) is 0 Å². The van der Waals surface area contributed by atoms with Gasteiger partial charge < -0.3 is 4.52 Å². The molecule has 4 nitrogen and oxygen atoms in total. The van der Waals surface area contributed by atoms with Crippen LogP contribution in [0.1, 0.15) is 17.0 Å². The Kier molecular flexibility index (Phi) is 4.59. The number of hydrogen-bond acceptors (Lipinski definition) is 4. The molecule has 118 valence electrons. The fourth-order valence-corrected chi connectivity index (χ4v) is 3.25. The van der Waals surface area contributed by atoms with Crippen LogP contribution < -0.4 is 0 Å². The van der Waals surface area contributed by atoms with Crippen LogP contribution in [0.15, 0.2) is 51.9 Å². The summed E-state index contributed by atoms with van der Waals surface area (Å²) in [7, 11) is -1.21. The van der Waals surface area contributed by atoms with Crippen LogP contribution in [0.4, 0.5) is 0 Å². The Morgan fingerprint density at radius 1 is 1.09 bits per heavy atom. The monoisotopic (exact) mass is 346 g/mol. The molecular formula is C17H15ClN2O2S. The SMILES string of the molecule is Cc1ccc([S@@](=O)Cc2noc(-c3ccc(Cl)cc3)n2)cc1C. The van der Waals surface area contributed by atoms with Crippen LogP contribution in [0.3, 0.4) is 0 Å². The number of nitrogens with zero attached hydrogens (tertiary/aromatic N) is 2. The Labute approximate surface area is 142 Å². The second-order valence-electron chi connectivity index (χ2n) is 5.26. The molecule has 0 spiro atoms. The second kappa shape index (κ2) is 6.64. The van der Waals surface area contributed by atoms with Crippen LogP contribution >= 0.6 is 11.6 Å². The van der Waals surface area contributed by atoms with Gasteiger partial charge in [-0.2, -0.15) is 4.98 Å². The molecule has 0 aliphatic carbocycles. The lowest BCUT2D eigenvalue weighted by molar-refractivity contribution is 0.425. The lowest BCUT2D eigenvalue weighted by Crippen LogP contribution is -1.99. The minimum absolute atomic E-state index is 0.222. The van der Waals surface area contributed by atoms with Crippen LogP contribution in [0, 0.1) is 13.8 Å². The van der Waals surface area contributed by atoms with Gasteiger partial charge in [-0.15, -0.1) is 0 Å². The zero-order valence-electron chi connectivity index (χ0n) is 12.7. The van der Waals surface area contributed by atoms with E-state index in [0.717, 1.165) is 16.0 Å². The average Bonchev–Trinajstić information content (AvgIpc) is 2.99. The van der Waals surface area contributed by atoms with Crippen molar-refractivity contribution in [1.82, 2.24) is 10.1 Å². The highest BCUT2D eigenvalue weighted by atomic mass is 35.5. The van der Waals surface area contributed by atoms with Crippen molar-refractivity contribution >= 4 is 22.4 Å². The second-order valence-corrected chi connectivity index (χ2v) is 7.15. The summed E-state index contributed by atoms with van der Waals surface area (Å²) >= 11 is 5.86. The van der Waals surface area contributed by atoms with Gasteiger partial charge in [0.15, 0.2) is 5.82 Å². The van der Waals surface area contributed by atoms with Crippen molar-refractivity contribution in [1.29, 1.82) is 0 Å². The molecule has 0 unspecified atom stereocenters. The van der Waals surface area contributed by atoms with Crippen molar-refractivity contribution in [3.8, 4) is 11.5 Å². The molecule has 1 aromatic heterocycles. The number of aromatic nitrogens is 2. The molecule has 6 heteroatoms. The number of halogens is 1. The van der Waals surface area contributed by atoms with Crippen LogP contribution in [0.5, 0.6) is 0 Å². The molecule has 0 N–H and O–H groups in total. The predicted octanol–water partition coefficient (Wildman–Crippen LogP) is 4.31. The highest BCUT2D eigenvalue weighted by Gasteiger charge is 2.13. The van der Waals surface area contributed by atoms with E-state index in [2.05, 4.69) is 10.1 Å². The molecule has 3 aromatic rings. The largest absolute Gasteiger partial charge is 0.334 e. The van der Waals surface area contributed by atoms with Crippen molar-refractivity contribution < 1.29 is 8.73 Å². The van der Waals surface area contributed by atoms with Gasteiger partial charge >= 0.3 is 0 Å². The lowest BCUT2D eigenvalue weighted by atomic mass is 10.1. The average molecular weight is 347 g/mol. The molecule has 2 aromatic carbocycles. The first kappa shape index (κ1) is 15.9. The van der Waals surface area contributed by atoms with Crippen molar-refractivity contribution in [3.63, 3.8) is 0 Å². The summed E-state index contributed by atoms with van der Waals surface area (Å²) in [5.41, 5.74) is 3.08. The fourth-order valence-electron chi connectivity index (χ4n) is 2.08. The van der Waals surface area contributed by atoms with E-state index < -0.39 is 10.8 Å². The van der Waals surface area contributed by atoms with E-state index in [-0.39, 0.29) is 5.75 Å². The smallest absolute Gasteiger partial charge is 0.257 e. The van der Waals surface area contributed by atoms with E-state index in [1.807, 2.05) is 32.0 Å². The predicted molar refractivity (Wildman–Crippen MR) is 90.8 cm³/mol. The molecule has 0 radical (unpaired) electrons. The first-order valence-electron chi connectivity index (χ1n) is 7.07. The minimum atomic E-state index is -1.21. The maximum absolute atomic E-state index is 12.4. The van der Waals surface area contributed by atoms with Gasteiger partial charge in [0.1, 0.15) is 0 Å². The number of benzene rings is 2. The first-order chi connectivity index (χ1) is 11.0. The van der Waals surface area contributed by atoms with Crippen LogP contribution in [0.2, 0.25) is 5.02 Å². The van der Waals surface area contributed by atoms with Crippen LogP contribution in [0.25, 0.3) is 11.5 Å². The summed E-state index contributed by atoms with van der Waals surface area (Å²) in [5, 5.41) is 4.55. The fraction of sp³-hybridized carbons (Fsp3) is 0.176. The third kappa shape index (κ3) is 3.68. The molecule has 23 heavy (non-hydrogen) atoms. The van der Waals surface area contributed by atoms with Gasteiger partial charge in [0.25, 0.3) is 5.89 Å². The number of aryl methyl sites for hydroxylation is 2. The molecule has 0 aliphatic heterocycles. The summed E-state index contributed by atoms with van der Waals surface area (Å²) in [6, 6.07) is 12.9. The van der Waals surface area contributed by atoms with Crippen LogP contribution in [-0.4, -0.2) is 14.3 Å². The molecule has 0 fully saturated rings. The van der Waals surface area contributed by atoms with Gasteiger partial charge in [-0.1, -0.05) is 22.8 Å². The summed E-state index contributed by atoms with van der Waals surface area (Å²) in [4.78, 5) is 5.07. The van der Waals surface area contributed by atoms with Gasteiger partial charge in [0.2, 0.25) is 0 Å². The lowest BCUT2D eigenvalue weighted by Gasteiger charge is -2.03. The van der Waals surface area contributed by atoms with E-state index in [1.54, 1.807) is 24.3 Å². The van der Waals surface area contributed by atoms with Gasteiger partial charge in [-0.05, 0) is 61.4 Å². The van der Waals surface area contributed by atoms with E-state index >= 15 is 0 Å². The third-order valence-corrected chi connectivity index (χ3v) is 5.11.